The number of rotatable bonds is 8. The van der Waals surface area contributed by atoms with Crippen molar-refractivity contribution in [2.75, 3.05) is 50.1 Å². The Hall–Kier alpha value is -5.63. The van der Waals surface area contributed by atoms with E-state index in [0.29, 0.717) is 86.2 Å². The summed E-state index contributed by atoms with van der Waals surface area (Å²) in [6.07, 6.45) is 2.17. The van der Waals surface area contributed by atoms with Gasteiger partial charge in [-0.2, -0.15) is 0 Å². The third-order valence-electron chi connectivity index (χ3n) is 13.6. The molecule has 2 saturated heterocycles. The molecule has 4 aliphatic rings. The predicted molar refractivity (Wildman–Crippen MR) is 245 cm³/mol. The third-order valence-corrected chi connectivity index (χ3v) is 13.6. The average molecular weight is 950 g/mol. The molecule has 0 aliphatic carbocycles. The summed E-state index contributed by atoms with van der Waals surface area (Å²) in [5, 5.41) is 16.3. The molecule has 0 aromatic heterocycles. The minimum atomic E-state index is -0.750. The Balaban J connectivity index is 0.000000288. The van der Waals surface area contributed by atoms with E-state index in [1.807, 2.05) is 14.1 Å². The molecule has 6 amide bonds. The molecule has 355 valence electrons. The first-order valence-electron chi connectivity index (χ1n) is 21.8. The summed E-state index contributed by atoms with van der Waals surface area (Å²) in [5.74, 6) is -3.15. The molecule has 68 heavy (non-hydrogen) atoms. The van der Waals surface area contributed by atoms with Gasteiger partial charge in [-0.15, -0.1) is 0 Å². The molecule has 14 nitrogen and oxygen atoms in total. The second-order valence-electron chi connectivity index (χ2n) is 17.7. The van der Waals surface area contributed by atoms with Crippen molar-refractivity contribution in [1.29, 1.82) is 0 Å². The molecule has 0 bridgehead atoms. The van der Waals surface area contributed by atoms with Crippen LogP contribution in [0.5, 0.6) is 0 Å². The fourth-order valence-electron chi connectivity index (χ4n) is 9.76. The second kappa shape index (κ2) is 22.2. The molecular weight excluding hydrogens is 894 g/mol. The number of anilines is 2. The Morgan fingerprint density at radius 2 is 1.12 bits per heavy atom. The van der Waals surface area contributed by atoms with E-state index in [4.69, 9.17) is 11.5 Å². The van der Waals surface area contributed by atoms with Gasteiger partial charge in [0, 0.05) is 103 Å². The fraction of sp³-hybridized carbons (Fsp3) is 0.396. The number of primary amides is 2. The number of hydrogen-bond acceptors (Lipinski definition) is 8. The van der Waals surface area contributed by atoms with Gasteiger partial charge < -0.3 is 48.2 Å². The molecule has 4 aromatic carbocycles. The van der Waals surface area contributed by atoms with Crippen LogP contribution in [0, 0.1) is 23.3 Å². The van der Waals surface area contributed by atoms with Gasteiger partial charge in [0.1, 0.15) is 23.3 Å². The van der Waals surface area contributed by atoms with Crippen molar-refractivity contribution in [2.24, 2.45) is 11.5 Å². The van der Waals surface area contributed by atoms with E-state index in [1.165, 1.54) is 48.5 Å². The number of hydrogen-bond donors (Lipinski definition) is 5. The maximum atomic E-state index is 13.8. The number of aliphatic hydroxyl groups excluding tert-OH is 1. The molecule has 2 fully saturated rings. The summed E-state index contributed by atoms with van der Waals surface area (Å²) >= 11 is 0. The molecule has 4 heterocycles. The van der Waals surface area contributed by atoms with Gasteiger partial charge in [0.25, 0.3) is 0 Å². The minimum Gasteiger partial charge on any atom is -1.00 e. The molecule has 4 aliphatic heterocycles. The van der Waals surface area contributed by atoms with Crippen molar-refractivity contribution >= 4 is 49.4 Å². The number of aliphatic hydroxyl groups is 1. The number of Topliss-reactive ketones (excluding diaryl/α,β-unsaturated/α-hetero) is 1. The number of benzene rings is 4. The summed E-state index contributed by atoms with van der Waals surface area (Å²) in [7, 11) is 3.87. The zero-order chi connectivity index (χ0) is 47.5. The Labute approximate surface area is 418 Å². The van der Waals surface area contributed by atoms with Crippen molar-refractivity contribution in [3.05, 3.63) is 129 Å². The molecule has 7 N–H and O–H groups in total. The van der Waals surface area contributed by atoms with Crippen molar-refractivity contribution in [3.63, 3.8) is 0 Å². The Morgan fingerprint density at radius 1 is 0.676 bits per heavy atom. The summed E-state index contributed by atoms with van der Waals surface area (Å²) < 4.78 is 54.9. The molecule has 1 unspecified atom stereocenters. The van der Waals surface area contributed by atoms with Gasteiger partial charge in [-0.3, -0.25) is 14.4 Å². The van der Waals surface area contributed by atoms with E-state index in [1.54, 1.807) is 34.1 Å². The maximum Gasteiger partial charge on any atom is 1.00 e. The monoisotopic (exact) mass is 949 g/mol. The number of likely N-dealkylation sites (tertiary alicyclic amines) is 2. The maximum absolute atomic E-state index is 13.8. The van der Waals surface area contributed by atoms with E-state index >= 15 is 0 Å². The van der Waals surface area contributed by atoms with Crippen molar-refractivity contribution in [3.8, 4) is 0 Å². The molecule has 4 aromatic rings. The SMILES string of the molecule is CN1c2ccc(F)cc2C(=O)CC12CCN(C(=O)NCc1ccc(F)c(CC(N)=O)c1)CC2.CN1c2ccc(F)cc2C(O)CC12CCN(C(=O)NCc1ccc(F)c(CC(N)=O)c1)CC2.[B].[H-].[Na+]. The van der Waals surface area contributed by atoms with E-state index in [0.717, 1.165) is 5.69 Å². The molecule has 1 atom stereocenters. The number of nitrogens with one attached hydrogen (secondary N) is 2. The summed E-state index contributed by atoms with van der Waals surface area (Å²) in [6.45, 7) is 2.34. The van der Waals surface area contributed by atoms with E-state index in [-0.39, 0.29) is 112 Å². The first-order chi connectivity index (χ1) is 31.4. The fourth-order valence-corrected chi connectivity index (χ4v) is 9.76. The molecule has 2 spiro atoms. The number of amides is 6. The van der Waals surface area contributed by atoms with Gasteiger partial charge in [-0.1, -0.05) is 24.3 Å². The second-order valence-corrected chi connectivity index (χ2v) is 17.7. The Morgan fingerprint density at radius 3 is 1.60 bits per heavy atom. The van der Waals surface area contributed by atoms with Gasteiger partial charge >= 0.3 is 41.6 Å². The quantitative estimate of drug-likeness (QED) is 0.131. The van der Waals surface area contributed by atoms with Crippen LogP contribution in [-0.2, 0) is 35.5 Å². The smallest absolute Gasteiger partial charge is 1.00 e. The molecule has 8 rings (SSSR count). The zero-order valence-corrected chi connectivity index (χ0v) is 40.4. The summed E-state index contributed by atoms with van der Waals surface area (Å²) in [4.78, 5) is 67.9. The van der Waals surface area contributed by atoms with Gasteiger partial charge in [0.15, 0.2) is 5.78 Å². The minimum absolute atomic E-state index is 0. The number of urea groups is 2. The van der Waals surface area contributed by atoms with Crippen LogP contribution in [-0.4, -0.2) is 104 Å². The topological polar surface area (TPSA) is 195 Å². The van der Waals surface area contributed by atoms with Crippen molar-refractivity contribution < 1.29 is 77.6 Å². The van der Waals surface area contributed by atoms with Crippen LogP contribution in [0.3, 0.4) is 0 Å². The predicted octanol–water partition coefficient (Wildman–Crippen LogP) is 2.11. The number of carbonyl (C=O) groups is 5. The molecule has 0 saturated carbocycles. The number of fused-ring (bicyclic) bond motifs is 2. The van der Waals surface area contributed by atoms with Crippen molar-refractivity contribution in [1.82, 2.24) is 20.4 Å². The van der Waals surface area contributed by atoms with E-state index < -0.39 is 40.9 Å². The van der Waals surface area contributed by atoms with Crippen LogP contribution in [0.4, 0.5) is 38.5 Å². The Bertz CT molecular complexity index is 2550. The average Bonchev–Trinajstić information content (AvgIpc) is 3.28. The summed E-state index contributed by atoms with van der Waals surface area (Å²) in [5.41, 5.74) is 13.9. The normalized spacial score (nSPS) is 17.7. The van der Waals surface area contributed by atoms with Crippen LogP contribution in [0.15, 0.2) is 72.8 Å². The third kappa shape index (κ3) is 11.8. The zero-order valence-electron chi connectivity index (χ0n) is 39.4. The standard InChI is InChI=1S/C24H28F2N4O3.C24H26F2N4O3.B.Na.H/c2*1-29-20-5-3-17(25)12-18(20)21(31)13-24(29)6-8-30(9-7-24)23(33)28-14-15-2-4-19(26)16(10-15)11-22(27)32;;;/h2-5,10,12,21,31H,6-9,11,13-14H2,1H3,(H2,27,32)(H,28,33);2-5,10,12H,6-9,11,13-14H2,1H3,(H2,27,32)(H,28,33);;;/q;;;+1;-1. The van der Waals surface area contributed by atoms with Crippen LogP contribution in [0.2, 0.25) is 0 Å². The first-order valence-corrected chi connectivity index (χ1v) is 21.8. The van der Waals surface area contributed by atoms with Crippen LogP contribution >= 0.6 is 0 Å². The van der Waals surface area contributed by atoms with E-state index in [2.05, 4.69) is 20.4 Å². The first kappa shape index (κ1) is 53.3. The number of ketones is 1. The number of halogens is 4. The van der Waals surface area contributed by atoms with Crippen LogP contribution < -0.4 is 61.5 Å². The van der Waals surface area contributed by atoms with E-state index in [9.17, 15) is 46.6 Å². The summed E-state index contributed by atoms with van der Waals surface area (Å²) in [6, 6.07) is 17.0. The number of nitrogens with zero attached hydrogens (tertiary/aromatic N) is 4. The molecular formula is C48H55BF4N8NaO6. The van der Waals surface area contributed by atoms with Gasteiger partial charge in [0.05, 0.1) is 24.5 Å². The molecule has 20 heteroatoms. The van der Waals surface area contributed by atoms with Crippen molar-refractivity contribution in [2.45, 2.75) is 81.6 Å². The van der Waals surface area contributed by atoms with Crippen LogP contribution in [0.25, 0.3) is 0 Å². The number of nitrogens with two attached hydrogens (primary N) is 2. The molecule has 3 radical (unpaired) electrons. The number of piperidine rings is 2. The van der Waals surface area contributed by atoms with Gasteiger partial charge in [-0.25, -0.2) is 27.2 Å². The van der Waals surface area contributed by atoms with Gasteiger partial charge in [0.2, 0.25) is 11.8 Å². The Kier molecular flexibility index (Phi) is 17.4. The number of carbonyl (C=O) groups excluding carboxylic acids is 5. The van der Waals surface area contributed by atoms with Crippen LogP contribution in [0.1, 0.15) is 84.2 Å². The van der Waals surface area contributed by atoms with Gasteiger partial charge in [-0.05, 0) is 96.5 Å². The largest absolute Gasteiger partial charge is 1.00 e.